The Morgan fingerprint density at radius 1 is 1.18 bits per heavy atom. The molecule has 0 radical (unpaired) electrons. The van der Waals surface area contributed by atoms with Crippen LogP contribution in [0.4, 0.5) is 0 Å². The summed E-state index contributed by atoms with van der Waals surface area (Å²) in [5.41, 5.74) is 0. The number of hydrogen-bond acceptors (Lipinski definition) is 2. The monoisotopic (exact) mass is 220 g/mol. The Labute approximate surface area is 75.4 Å². The molecule has 0 N–H and O–H groups in total. The van der Waals surface area contributed by atoms with Crippen LogP contribution in [0.1, 0.15) is 25.7 Å². The highest BCUT2D eigenvalue weighted by molar-refractivity contribution is 9.09. The standard InChI is InChI=1S/C8H13BrO2/c9-7-3-1-5-10-8(7)4-2-6-11-8/h7H,1-6H2/t7-,8+/m0/s1. The van der Waals surface area contributed by atoms with Crippen LogP contribution in [0.2, 0.25) is 0 Å². The van der Waals surface area contributed by atoms with Crippen LogP contribution in [0.25, 0.3) is 0 Å². The minimum Gasteiger partial charge on any atom is -0.349 e. The highest BCUT2D eigenvalue weighted by atomic mass is 79.9. The van der Waals surface area contributed by atoms with Crippen LogP contribution in [0.5, 0.6) is 0 Å². The summed E-state index contributed by atoms with van der Waals surface area (Å²) in [6.07, 6.45) is 4.53. The molecule has 0 bridgehead atoms. The second-order valence-corrected chi connectivity index (χ2v) is 4.33. The van der Waals surface area contributed by atoms with Gasteiger partial charge in [-0.25, -0.2) is 0 Å². The maximum Gasteiger partial charge on any atom is 0.180 e. The normalized spacial score (nSPS) is 45.0. The second kappa shape index (κ2) is 3.04. The van der Waals surface area contributed by atoms with Gasteiger partial charge < -0.3 is 9.47 Å². The number of alkyl halides is 1. The van der Waals surface area contributed by atoms with E-state index in [1.54, 1.807) is 0 Å². The van der Waals surface area contributed by atoms with Crippen molar-refractivity contribution < 1.29 is 9.47 Å². The van der Waals surface area contributed by atoms with Gasteiger partial charge >= 0.3 is 0 Å². The second-order valence-electron chi connectivity index (χ2n) is 3.22. The molecule has 64 valence electrons. The lowest BCUT2D eigenvalue weighted by atomic mass is 10.0. The maximum absolute atomic E-state index is 5.67. The summed E-state index contributed by atoms with van der Waals surface area (Å²) in [6.45, 7) is 1.73. The third kappa shape index (κ3) is 1.34. The van der Waals surface area contributed by atoms with Crippen molar-refractivity contribution in [1.82, 2.24) is 0 Å². The van der Waals surface area contributed by atoms with Gasteiger partial charge in [0.25, 0.3) is 0 Å². The van der Waals surface area contributed by atoms with Crippen LogP contribution < -0.4 is 0 Å². The van der Waals surface area contributed by atoms with Gasteiger partial charge in [0.1, 0.15) is 0 Å². The molecule has 0 unspecified atom stereocenters. The van der Waals surface area contributed by atoms with Crippen molar-refractivity contribution in [3.05, 3.63) is 0 Å². The molecule has 0 aromatic rings. The topological polar surface area (TPSA) is 18.5 Å². The van der Waals surface area contributed by atoms with E-state index in [4.69, 9.17) is 9.47 Å². The fourth-order valence-electron chi connectivity index (χ4n) is 1.81. The van der Waals surface area contributed by atoms with E-state index in [2.05, 4.69) is 15.9 Å². The lowest BCUT2D eigenvalue weighted by Gasteiger charge is -2.37. The molecule has 3 heteroatoms. The van der Waals surface area contributed by atoms with Gasteiger partial charge in [0.2, 0.25) is 0 Å². The molecule has 11 heavy (non-hydrogen) atoms. The van der Waals surface area contributed by atoms with Crippen LogP contribution in [-0.2, 0) is 9.47 Å². The van der Waals surface area contributed by atoms with E-state index in [-0.39, 0.29) is 5.79 Å². The molecule has 2 aliphatic rings. The molecule has 0 aliphatic carbocycles. The zero-order chi connectivity index (χ0) is 7.73. The summed E-state index contributed by atoms with van der Waals surface area (Å²) in [6, 6.07) is 0. The first-order valence-electron chi connectivity index (χ1n) is 4.25. The van der Waals surface area contributed by atoms with Crippen molar-refractivity contribution in [2.75, 3.05) is 13.2 Å². The highest BCUT2D eigenvalue weighted by Gasteiger charge is 2.44. The van der Waals surface area contributed by atoms with Gasteiger partial charge in [0.05, 0.1) is 18.0 Å². The first kappa shape index (κ1) is 8.02. The Hall–Kier alpha value is 0.400. The van der Waals surface area contributed by atoms with Gasteiger partial charge in [0, 0.05) is 6.42 Å². The van der Waals surface area contributed by atoms with Gasteiger partial charge in [-0.05, 0) is 19.3 Å². The van der Waals surface area contributed by atoms with Crippen LogP contribution in [0, 0.1) is 0 Å². The molecule has 2 aliphatic heterocycles. The molecule has 2 saturated heterocycles. The number of ether oxygens (including phenoxy) is 2. The van der Waals surface area contributed by atoms with E-state index in [0.29, 0.717) is 4.83 Å². The Morgan fingerprint density at radius 3 is 2.45 bits per heavy atom. The fourth-order valence-corrected chi connectivity index (χ4v) is 2.63. The van der Waals surface area contributed by atoms with Gasteiger partial charge in [0.15, 0.2) is 5.79 Å². The van der Waals surface area contributed by atoms with Gasteiger partial charge in [-0.3, -0.25) is 0 Å². The lowest BCUT2D eigenvalue weighted by molar-refractivity contribution is -0.223. The van der Waals surface area contributed by atoms with Crippen molar-refractivity contribution >= 4 is 15.9 Å². The minimum atomic E-state index is -0.252. The van der Waals surface area contributed by atoms with Crippen molar-refractivity contribution in [1.29, 1.82) is 0 Å². The van der Waals surface area contributed by atoms with Crippen molar-refractivity contribution in [2.45, 2.75) is 36.3 Å². The van der Waals surface area contributed by atoms with Crippen molar-refractivity contribution in [3.63, 3.8) is 0 Å². The molecule has 2 nitrogen and oxygen atoms in total. The average molecular weight is 221 g/mol. The van der Waals surface area contributed by atoms with E-state index in [1.165, 1.54) is 6.42 Å². The molecule has 2 atom stereocenters. The molecule has 0 aromatic heterocycles. The van der Waals surface area contributed by atoms with E-state index >= 15 is 0 Å². The highest BCUT2D eigenvalue weighted by Crippen LogP contribution is 2.39. The first-order valence-corrected chi connectivity index (χ1v) is 5.17. The molecular formula is C8H13BrO2. The Morgan fingerprint density at radius 2 is 1.91 bits per heavy atom. The van der Waals surface area contributed by atoms with E-state index in [0.717, 1.165) is 32.5 Å². The van der Waals surface area contributed by atoms with Crippen molar-refractivity contribution in [3.8, 4) is 0 Å². The Kier molecular flexibility index (Phi) is 2.21. The molecule has 0 aromatic carbocycles. The SMILES string of the molecule is Br[C@H]1CCCO[C@@]12CCCO2. The van der Waals surface area contributed by atoms with Gasteiger partial charge in [-0.1, -0.05) is 15.9 Å². The van der Waals surface area contributed by atoms with Crippen LogP contribution >= 0.6 is 15.9 Å². The van der Waals surface area contributed by atoms with Crippen LogP contribution in [0.15, 0.2) is 0 Å². The molecule has 1 spiro atoms. The number of hydrogen-bond donors (Lipinski definition) is 0. The Balaban J connectivity index is 2.07. The summed E-state index contributed by atoms with van der Waals surface area (Å²) < 4.78 is 11.3. The lowest BCUT2D eigenvalue weighted by Crippen LogP contribution is -2.44. The first-order chi connectivity index (χ1) is 5.33. The molecule has 0 saturated carbocycles. The van der Waals surface area contributed by atoms with Gasteiger partial charge in [-0.15, -0.1) is 0 Å². The average Bonchev–Trinajstić information content (AvgIpc) is 2.46. The molecule has 0 amide bonds. The predicted octanol–water partition coefficient (Wildman–Crippen LogP) is 2.07. The molecule has 2 heterocycles. The fraction of sp³-hybridized carbons (Fsp3) is 1.00. The van der Waals surface area contributed by atoms with Crippen molar-refractivity contribution in [2.24, 2.45) is 0 Å². The quantitative estimate of drug-likeness (QED) is 0.583. The van der Waals surface area contributed by atoms with Gasteiger partial charge in [-0.2, -0.15) is 0 Å². The summed E-state index contributed by atoms with van der Waals surface area (Å²) >= 11 is 3.62. The largest absolute Gasteiger partial charge is 0.349 e. The van der Waals surface area contributed by atoms with E-state index in [9.17, 15) is 0 Å². The zero-order valence-corrected chi connectivity index (χ0v) is 8.10. The zero-order valence-electron chi connectivity index (χ0n) is 6.51. The molecular weight excluding hydrogens is 208 g/mol. The molecule has 2 fully saturated rings. The third-order valence-corrected chi connectivity index (χ3v) is 3.60. The smallest absolute Gasteiger partial charge is 0.180 e. The summed E-state index contributed by atoms with van der Waals surface area (Å²) in [7, 11) is 0. The van der Waals surface area contributed by atoms with Crippen LogP contribution in [0.3, 0.4) is 0 Å². The summed E-state index contributed by atoms with van der Waals surface area (Å²) in [4.78, 5) is 0.409. The summed E-state index contributed by atoms with van der Waals surface area (Å²) in [5, 5.41) is 0. The van der Waals surface area contributed by atoms with Crippen LogP contribution in [-0.4, -0.2) is 23.8 Å². The minimum absolute atomic E-state index is 0.252. The summed E-state index contributed by atoms with van der Waals surface area (Å²) in [5.74, 6) is -0.252. The predicted molar refractivity (Wildman–Crippen MR) is 45.8 cm³/mol. The third-order valence-electron chi connectivity index (χ3n) is 2.44. The number of rotatable bonds is 0. The molecule has 2 rings (SSSR count). The Bertz CT molecular complexity index is 143. The number of halogens is 1. The maximum atomic E-state index is 5.67. The van der Waals surface area contributed by atoms with E-state index in [1.807, 2.05) is 0 Å². The van der Waals surface area contributed by atoms with E-state index < -0.39 is 0 Å².